The molecular formula is C22H23N5OS. The minimum atomic E-state index is 0.116. The molecule has 0 spiro atoms. The molecule has 1 aromatic carbocycles. The highest BCUT2D eigenvalue weighted by Crippen LogP contribution is 2.27. The van der Waals surface area contributed by atoms with Crippen molar-refractivity contribution in [3.63, 3.8) is 0 Å². The molecule has 1 aliphatic heterocycles. The zero-order valence-corrected chi connectivity index (χ0v) is 17.2. The number of piperidine rings is 1. The number of carbonyl (C=O) groups is 1. The van der Waals surface area contributed by atoms with E-state index < -0.39 is 0 Å². The summed E-state index contributed by atoms with van der Waals surface area (Å²) < 4.78 is 4.20. The van der Waals surface area contributed by atoms with Crippen LogP contribution in [0.5, 0.6) is 0 Å². The van der Waals surface area contributed by atoms with Crippen LogP contribution in [0, 0.1) is 12.8 Å². The lowest BCUT2D eigenvalue weighted by Gasteiger charge is -2.32. The highest BCUT2D eigenvalue weighted by Gasteiger charge is 2.27. The maximum absolute atomic E-state index is 13.1. The molecule has 1 saturated heterocycles. The molecule has 6 nitrogen and oxygen atoms in total. The molecule has 5 rings (SSSR count). The van der Waals surface area contributed by atoms with Gasteiger partial charge >= 0.3 is 0 Å². The normalized spacial score (nSPS) is 15.3. The van der Waals surface area contributed by atoms with E-state index in [9.17, 15) is 4.79 Å². The van der Waals surface area contributed by atoms with Gasteiger partial charge in [-0.25, -0.2) is 9.97 Å². The molecule has 0 N–H and O–H groups in total. The summed E-state index contributed by atoms with van der Waals surface area (Å²) in [7, 11) is 0. The van der Waals surface area contributed by atoms with Crippen LogP contribution in [-0.4, -0.2) is 43.0 Å². The summed E-state index contributed by atoms with van der Waals surface area (Å²) in [5.41, 5.74) is 3.04. The Kier molecular flexibility index (Phi) is 4.67. The highest BCUT2D eigenvalue weighted by molar-refractivity contribution is 7.16. The lowest BCUT2D eigenvalue weighted by atomic mass is 9.96. The van der Waals surface area contributed by atoms with E-state index in [1.807, 2.05) is 59.4 Å². The van der Waals surface area contributed by atoms with E-state index in [1.165, 1.54) is 16.9 Å². The van der Waals surface area contributed by atoms with E-state index in [1.54, 1.807) is 0 Å². The quantitative estimate of drug-likeness (QED) is 0.513. The maximum Gasteiger partial charge on any atom is 0.265 e. The molecule has 29 heavy (non-hydrogen) atoms. The number of hydrogen-bond acceptors (Lipinski definition) is 4. The average Bonchev–Trinajstić information content (AvgIpc) is 3.48. The molecule has 3 aromatic heterocycles. The van der Waals surface area contributed by atoms with Gasteiger partial charge in [-0.2, -0.15) is 0 Å². The largest absolute Gasteiger partial charge is 0.338 e. The third-order valence-corrected chi connectivity index (χ3v) is 6.85. The van der Waals surface area contributed by atoms with Crippen molar-refractivity contribution < 1.29 is 4.79 Å². The summed E-state index contributed by atoms with van der Waals surface area (Å²) in [6.07, 6.45) is 7.88. The smallest absolute Gasteiger partial charge is 0.265 e. The van der Waals surface area contributed by atoms with E-state index in [-0.39, 0.29) is 5.91 Å². The Morgan fingerprint density at radius 3 is 2.69 bits per heavy atom. The Bertz CT molecular complexity index is 1140. The summed E-state index contributed by atoms with van der Waals surface area (Å²) in [4.78, 5) is 24.9. The number of fused-ring (bicyclic) bond motifs is 1. The fourth-order valence-corrected chi connectivity index (χ4v) is 5.05. The summed E-state index contributed by atoms with van der Waals surface area (Å²) in [5, 5.41) is 0.845. The molecule has 4 aromatic rings. The van der Waals surface area contributed by atoms with E-state index in [0.29, 0.717) is 5.92 Å². The van der Waals surface area contributed by atoms with E-state index in [0.717, 1.165) is 53.7 Å². The molecule has 0 saturated carbocycles. The fraction of sp³-hybridized carbons (Fsp3) is 0.318. The van der Waals surface area contributed by atoms with Crippen molar-refractivity contribution in [2.45, 2.75) is 26.3 Å². The zero-order valence-electron chi connectivity index (χ0n) is 16.4. The van der Waals surface area contributed by atoms with E-state index in [2.05, 4.69) is 26.7 Å². The lowest BCUT2D eigenvalue weighted by Crippen LogP contribution is -2.39. The second-order valence-electron chi connectivity index (χ2n) is 7.62. The molecule has 0 atom stereocenters. The van der Waals surface area contributed by atoms with Gasteiger partial charge in [0, 0.05) is 32.0 Å². The molecule has 0 radical (unpaired) electrons. The Morgan fingerprint density at radius 2 is 1.90 bits per heavy atom. The molecule has 148 valence electrons. The molecule has 0 aliphatic carbocycles. The number of likely N-dealkylation sites (tertiary alicyclic amines) is 1. The lowest BCUT2D eigenvalue weighted by molar-refractivity contribution is 0.0687. The van der Waals surface area contributed by atoms with Gasteiger partial charge in [0.1, 0.15) is 4.88 Å². The summed E-state index contributed by atoms with van der Waals surface area (Å²) in [5.74, 6) is 0.680. The van der Waals surface area contributed by atoms with Crippen molar-refractivity contribution in [1.29, 1.82) is 0 Å². The van der Waals surface area contributed by atoms with Gasteiger partial charge in [-0.15, -0.1) is 0 Å². The number of benzene rings is 1. The molecular weight excluding hydrogens is 382 g/mol. The molecule has 1 aliphatic rings. The second-order valence-corrected chi connectivity index (χ2v) is 8.60. The zero-order chi connectivity index (χ0) is 19.8. The number of rotatable bonds is 4. The first kappa shape index (κ1) is 18.1. The van der Waals surface area contributed by atoms with Crippen molar-refractivity contribution in [3.8, 4) is 5.13 Å². The summed E-state index contributed by atoms with van der Waals surface area (Å²) in [6.45, 7) is 4.48. The molecule has 7 heteroatoms. The number of para-hydroxylation sites is 2. The maximum atomic E-state index is 13.1. The van der Waals surface area contributed by atoms with Crippen LogP contribution >= 0.6 is 11.3 Å². The van der Waals surface area contributed by atoms with Crippen LogP contribution in [0.1, 0.15) is 28.2 Å². The van der Waals surface area contributed by atoms with Crippen LogP contribution < -0.4 is 0 Å². The number of nitrogens with zero attached hydrogens (tertiary/aromatic N) is 5. The number of aryl methyl sites for hydroxylation is 1. The van der Waals surface area contributed by atoms with Crippen LogP contribution in [-0.2, 0) is 6.54 Å². The predicted molar refractivity (Wildman–Crippen MR) is 115 cm³/mol. The Labute approximate surface area is 173 Å². The predicted octanol–water partition coefficient (Wildman–Crippen LogP) is 4.14. The summed E-state index contributed by atoms with van der Waals surface area (Å²) in [6, 6.07) is 12.2. The Morgan fingerprint density at radius 1 is 1.14 bits per heavy atom. The van der Waals surface area contributed by atoms with Crippen LogP contribution in [0.15, 0.2) is 55.1 Å². The van der Waals surface area contributed by atoms with Crippen molar-refractivity contribution >= 4 is 28.3 Å². The van der Waals surface area contributed by atoms with Crippen LogP contribution in [0.3, 0.4) is 0 Å². The second kappa shape index (κ2) is 7.48. The van der Waals surface area contributed by atoms with Gasteiger partial charge in [-0.3, -0.25) is 4.79 Å². The van der Waals surface area contributed by atoms with Gasteiger partial charge in [0.25, 0.3) is 5.91 Å². The minimum absolute atomic E-state index is 0.116. The fourth-order valence-electron chi connectivity index (χ4n) is 4.05. The van der Waals surface area contributed by atoms with Crippen molar-refractivity contribution in [3.05, 3.63) is 65.7 Å². The topological polar surface area (TPSA) is 56.0 Å². The van der Waals surface area contributed by atoms with Gasteiger partial charge < -0.3 is 14.0 Å². The molecule has 4 heterocycles. The van der Waals surface area contributed by atoms with Gasteiger partial charge in [0.05, 0.1) is 23.1 Å². The Balaban J connectivity index is 1.24. The van der Waals surface area contributed by atoms with Crippen LogP contribution in [0.4, 0.5) is 0 Å². The first-order chi connectivity index (χ1) is 14.2. The van der Waals surface area contributed by atoms with Crippen LogP contribution in [0.25, 0.3) is 16.2 Å². The number of thiazole rings is 1. The van der Waals surface area contributed by atoms with Crippen LogP contribution in [0.2, 0.25) is 0 Å². The number of amides is 1. The molecule has 0 unspecified atom stereocenters. The minimum Gasteiger partial charge on any atom is -0.338 e. The van der Waals surface area contributed by atoms with E-state index in [4.69, 9.17) is 0 Å². The number of imidazole rings is 1. The standard InChI is InChI=1S/C22H23N5OS/c1-16-20(29-22(24-16)26-10-4-5-11-26)21(28)25-12-8-17(9-13-25)14-27-15-23-18-6-2-3-7-19(18)27/h2-7,10-11,15,17H,8-9,12-14H2,1H3. The molecule has 1 amide bonds. The van der Waals surface area contributed by atoms with Gasteiger partial charge in [-0.05, 0) is 49.9 Å². The number of hydrogen-bond donors (Lipinski definition) is 0. The Hall–Kier alpha value is -2.93. The summed E-state index contributed by atoms with van der Waals surface area (Å²) >= 11 is 1.47. The first-order valence-corrected chi connectivity index (χ1v) is 10.8. The third kappa shape index (κ3) is 3.46. The number of carbonyl (C=O) groups excluding carboxylic acids is 1. The van der Waals surface area contributed by atoms with Crippen molar-refractivity contribution in [2.24, 2.45) is 5.92 Å². The average molecular weight is 406 g/mol. The monoisotopic (exact) mass is 405 g/mol. The molecule has 1 fully saturated rings. The molecule has 0 bridgehead atoms. The van der Waals surface area contributed by atoms with Gasteiger partial charge in [0.2, 0.25) is 0 Å². The first-order valence-electron chi connectivity index (χ1n) is 9.99. The van der Waals surface area contributed by atoms with E-state index >= 15 is 0 Å². The SMILES string of the molecule is Cc1nc(-n2cccc2)sc1C(=O)N1CCC(Cn2cnc3ccccc32)CC1. The van der Waals surface area contributed by atoms with Gasteiger partial charge in [-0.1, -0.05) is 23.5 Å². The highest BCUT2D eigenvalue weighted by atomic mass is 32.1. The third-order valence-electron chi connectivity index (χ3n) is 5.69. The van der Waals surface area contributed by atoms with Gasteiger partial charge in [0.15, 0.2) is 5.13 Å². The van der Waals surface area contributed by atoms with Crippen molar-refractivity contribution in [1.82, 2.24) is 24.0 Å². The van der Waals surface area contributed by atoms with Crippen molar-refractivity contribution in [2.75, 3.05) is 13.1 Å². The number of aromatic nitrogens is 4.